The number of rotatable bonds is 7. The van der Waals surface area contributed by atoms with Crippen LogP contribution in [0.15, 0.2) is 97.1 Å². The second-order valence-corrected chi connectivity index (χ2v) is 10.1. The number of hydrogen-bond donors (Lipinski definition) is 1. The lowest BCUT2D eigenvalue weighted by Crippen LogP contribution is -2.49. The minimum Gasteiger partial charge on any atom is -0.468 e. The number of nitrogens with one attached hydrogen (secondary N) is 1. The minimum atomic E-state index is -4.51. The molecule has 1 N–H and O–H groups in total. The van der Waals surface area contributed by atoms with Crippen LogP contribution in [-0.4, -0.2) is 50.1 Å². The van der Waals surface area contributed by atoms with Crippen LogP contribution in [0.25, 0.3) is 11.1 Å². The maximum atomic E-state index is 14.1. The van der Waals surface area contributed by atoms with Crippen molar-refractivity contribution in [1.82, 2.24) is 4.90 Å². The standard InChI is InChI=1S/C33H29F4N3O3/c1-43-32(42)30(23-5-3-2-4-6-23)40-19-17-39(18-20-40)27-14-12-26(13-15-27)38-31(41)28-16-11-25(34)21-29(28)22-7-9-24(10-8-22)33(35,36)37/h2-16,21,30H,17-20H2,1H3,(H,38,41). The highest BCUT2D eigenvalue weighted by molar-refractivity contribution is 6.08. The highest BCUT2D eigenvalue weighted by Gasteiger charge is 2.32. The van der Waals surface area contributed by atoms with Crippen molar-refractivity contribution in [3.8, 4) is 11.1 Å². The topological polar surface area (TPSA) is 61.9 Å². The fraction of sp³-hybridized carbons (Fsp3) is 0.212. The van der Waals surface area contributed by atoms with Gasteiger partial charge in [-0.1, -0.05) is 42.5 Å². The number of nitrogens with zero attached hydrogens (tertiary/aromatic N) is 2. The monoisotopic (exact) mass is 591 g/mol. The van der Waals surface area contributed by atoms with E-state index >= 15 is 0 Å². The van der Waals surface area contributed by atoms with Gasteiger partial charge < -0.3 is 15.0 Å². The summed E-state index contributed by atoms with van der Waals surface area (Å²) in [7, 11) is 1.39. The molecule has 0 spiro atoms. The number of amides is 1. The zero-order valence-electron chi connectivity index (χ0n) is 23.3. The third-order valence-corrected chi connectivity index (χ3v) is 7.46. The van der Waals surface area contributed by atoms with Crippen LogP contribution in [0.1, 0.15) is 27.5 Å². The number of halogens is 4. The molecule has 0 bridgehead atoms. The average molecular weight is 592 g/mol. The predicted octanol–water partition coefficient (Wildman–Crippen LogP) is 6.80. The molecule has 0 aromatic heterocycles. The molecule has 4 aromatic carbocycles. The van der Waals surface area contributed by atoms with E-state index in [1.165, 1.54) is 25.3 Å². The Morgan fingerprint density at radius 2 is 1.49 bits per heavy atom. The maximum absolute atomic E-state index is 14.1. The third kappa shape index (κ3) is 6.86. The lowest BCUT2D eigenvalue weighted by Gasteiger charge is -2.39. The van der Waals surface area contributed by atoms with Gasteiger partial charge >= 0.3 is 12.1 Å². The molecule has 0 radical (unpaired) electrons. The Bertz CT molecular complexity index is 1570. The molecule has 1 saturated heterocycles. The Kier molecular flexibility index (Phi) is 8.77. The first-order valence-corrected chi connectivity index (χ1v) is 13.6. The molecule has 1 unspecified atom stereocenters. The number of carbonyl (C=O) groups excluding carboxylic acids is 2. The smallest absolute Gasteiger partial charge is 0.416 e. The van der Waals surface area contributed by atoms with E-state index in [2.05, 4.69) is 15.1 Å². The number of alkyl halides is 3. The number of methoxy groups -OCH3 is 1. The number of hydrogen-bond acceptors (Lipinski definition) is 5. The first kappa shape index (κ1) is 29.8. The Labute approximate surface area is 246 Å². The van der Waals surface area contributed by atoms with Crippen LogP contribution in [0, 0.1) is 5.82 Å². The van der Waals surface area contributed by atoms with Crippen LogP contribution in [0.4, 0.5) is 28.9 Å². The number of ether oxygens (including phenoxy) is 1. The largest absolute Gasteiger partial charge is 0.468 e. The van der Waals surface area contributed by atoms with Crippen LogP contribution in [0.5, 0.6) is 0 Å². The summed E-state index contributed by atoms with van der Waals surface area (Å²) in [5.41, 5.74) is 2.09. The molecule has 0 aliphatic carbocycles. The van der Waals surface area contributed by atoms with Gasteiger partial charge in [-0.15, -0.1) is 0 Å². The number of esters is 1. The molecule has 0 saturated carbocycles. The van der Waals surface area contributed by atoms with Gasteiger partial charge in [-0.2, -0.15) is 13.2 Å². The number of piperazine rings is 1. The van der Waals surface area contributed by atoms with Gasteiger partial charge in [0.15, 0.2) is 0 Å². The molecule has 10 heteroatoms. The molecule has 6 nitrogen and oxygen atoms in total. The van der Waals surface area contributed by atoms with Gasteiger partial charge in [0.2, 0.25) is 0 Å². The van der Waals surface area contributed by atoms with Crippen LogP contribution >= 0.6 is 0 Å². The molecular formula is C33H29F4N3O3. The van der Waals surface area contributed by atoms with E-state index < -0.39 is 29.5 Å². The van der Waals surface area contributed by atoms with Crippen molar-refractivity contribution in [2.24, 2.45) is 0 Å². The molecule has 1 aliphatic rings. The van der Waals surface area contributed by atoms with Gasteiger partial charge in [-0.3, -0.25) is 9.69 Å². The Morgan fingerprint density at radius 1 is 0.837 bits per heavy atom. The number of carbonyl (C=O) groups is 2. The van der Waals surface area contributed by atoms with E-state index in [0.717, 1.165) is 35.5 Å². The summed E-state index contributed by atoms with van der Waals surface area (Å²) in [6, 6.07) is 24.1. The number of benzene rings is 4. The van der Waals surface area contributed by atoms with Crippen molar-refractivity contribution >= 4 is 23.3 Å². The molecule has 43 heavy (non-hydrogen) atoms. The van der Waals surface area contributed by atoms with Crippen molar-refractivity contribution in [3.63, 3.8) is 0 Å². The summed E-state index contributed by atoms with van der Waals surface area (Å²) in [5.74, 6) is -1.44. The summed E-state index contributed by atoms with van der Waals surface area (Å²) in [5, 5.41) is 2.79. The summed E-state index contributed by atoms with van der Waals surface area (Å²) < 4.78 is 58.1. The summed E-state index contributed by atoms with van der Waals surface area (Å²) in [6.45, 7) is 2.64. The van der Waals surface area contributed by atoms with Crippen molar-refractivity contribution < 1.29 is 31.9 Å². The van der Waals surface area contributed by atoms with Crippen molar-refractivity contribution in [1.29, 1.82) is 0 Å². The summed E-state index contributed by atoms with van der Waals surface area (Å²) in [4.78, 5) is 30.0. The minimum absolute atomic E-state index is 0.125. The van der Waals surface area contributed by atoms with E-state index in [0.29, 0.717) is 31.9 Å². The zero-order valence-corrected chi connectivity index (χ0v) is 23.3. The summed E-state index contributed by atoms with van der Waals surface area (Å²) >= 11 is 0. The van der Waals surface area contributed by atoms with Gasteiger partial charge in [0, 0.05) is 43.1 Å². The quantitative estimate of drug-likeness (QED) is 0.189. The zero-order chi connectivity index (χ0) is 30.6. The van der Waals surface area contributed by atoms with E-state index in [9.17, 15) is 27.2 Å². The molecule has 5 rings (SSSR count). The Balaban J connectivity index is 1.25. The highest BCUT2D eigenvalue weighted by Crippen LogP contribution is 2.33. The highest BCUT2D eigenvalue weighted by atomic mass is 19.4. The van der Waals surface area contributed by atoms with Crippen LogP contribution in [0.3, 0.4) is 0 Å². The second-order valence-electron chi connectivity index (χ2n) is 10.1. The normalized spacial score (nSPS) is 14.7. The van der Waals surface area contributed by atoms with Crippen LogP contribution in [-0.2, 0) is 15.7 Å². The van der Waals surface area contributed by atoms with Gasteiger partial charge in [-0.05, 0) is 71.3 Å². The fourth-order valence-electron chi connectivity index (χ4n) is 5.23. The van der Waals surface area contributed by atoms with Gasteiger partial charge in [0.1, 0.15) is 11.9 Å². The Morgan fingerprint density at radius 3 is 2.09 bits per heavy atom. The van der Waals surface area contributed by atoms with E-state index in [1.54, 1.807) is 12.1 Å². The van der Waals surface area contributed by atoms with Crippen LogP contribution in [0.2, 0.25) is 0 Å². The van der Waals surface area contributed by atoms with Crippen molar-refractivity contribution in [3.05, 3.63) is 120 Å². The third-order valence-electron chi connectivity index (χ3n) is 7.46. The molecule has 222 valence electrons. The predicted molar refractivity (Wildman–Crippen MR) is 156 cm³/mol. The summed E-state index contributed by atoms with van der Waals surface area (Å²) in [6.07, 6.45) is -4.51. The lowest BCUT2D eigenvalue weighted by atomic mass is 9.97. The molecule has 1 heterocycles. The average Bonchev–Trinajstić information content (AvgIpc) is 3.02. The van der Waals surface area contributed by atoms with Crippen molar-refractivity contribution in [2.45, 2.75) is 12.2 Å². The first-order chi connectivity index (χ1) is 20.6. The van der Waals surface area contributed by atoms with Gasteiger partial charge in [0.25, 0.3) is 5.91 Å². The SMILES string of the molecule is COC(=O)C(c1ccccc1)N1CCN(c2ccc(NC(=O)c3ccc(F)cc3-c3ccc(C(F)(F)F)cc3)cc2)CC1. The molecule has 1 aliphatic heterocycles. The molecule has 4 aromatic rings. The first-order valence-electron chi connectivity index (χ1n) is 13.6. The van der Waals surface area contributed by atoms with Crippen molar-refractivity contribution in [2.75, 3.05) is 43.5 Å². The lowest BCUT2D eigenvalue weighted by molar-refractivity contribution is -0.147. The molecular weight excluding hydrogens is 562 g/mol. The molecule has 1 atom stereocenters. The van der Waals surface area contributed by atoms with E-state index in [1.807, 2.05) is 42.5 Å². The maximum Gasteiger partial charge on any atom is 0.416 e. The number of anilines is 2. The van der Waals surface area contributed by atoms with E-state index in [-0.39, 0.29) is 22.7 Å². The fourth-order valence-corrected chi connectivity index (χ4v) is 5.23. The molecule has 1 amide bonds. The van der Waals surface area contributed by atoms with Crippen LogP contribution < -0.4 is 10.2 Å². The van der Waals surface area contributed by atoms with Gasteiger partial charge in [-0.25, -0.2) is 9.18 Å². The Hall–Kier alpha value is -4.70. The van der Waals surface area contributed by atoms with E-state index in [4.69, 9.17) is 4.74 Å². The second kappa shape index (κ2) is 12.7. The van der Waals surface area contributed by atoms with Gasteiger partial charge in [0.05, 0.1) is 12.7 Å². The molecule has 1 fully saturated rings.